The van der Waals surface area contributed by atoms with Crippen molar-refractivity contribution in [2.45, 2.75) is 32.6 Å². The smallest absolute Gasteiger partial charge is 0.357 e. The molecule has 0 aliphatic carbocycles. The molecule has 0 saturated heterocycles. The first-order valence-electron chi connectivity index (χ1n) is 4.98. The Balaban J connectivity index is 3.10. The molecule has 4 nitrogen and oxygen atoms in total. The van der Waals surface area contributed by atoms with Gasteiger partial charge < -0.3 is 10.5 Å². The molecule has 1 rings (SSSR count). The molecular formula is C10H16N2O2S. The second-order valence-corrected chi connectivity index (χ2v) is 4.33. The Kier molecular flexibility index (Phi) is 4.08. The minimum Gasteiger partial charge on any atom is -0.464 e. The van der Waals surface area contributed by atoms with Crippen LogP contribution in [0.15, 0.2) is 0 Å². The van der Waals surface area contributed by atoms with E-state index in [9.17, 15) is 4.79 Å². The number of nitrogen functional groups attached to an aromatic ring is 1. The molecule has 84 valence electrons. The fourth-order valence-electron chi connectivity index (χ4n) is 1.53. The molecule has 1 heterocycles. The number of nitrogens with two attached hydrogens (primary N) is 1. The Bertz CT molecular complexity index is 345. The highest BCUT2D eigenvalue weighted by Crippen LogP contribution is 2.33. The number of aromatic nitrogens is 1. The van der Waals surface area contributed by atoms with Crippen molar-refractivity contribution in [3.05, 3.63) is 10.6 Å². The monoisotopic (exact) mass is 228 g/mol. The molecule has 0 bridgehead atoms. The van der Waals surface area contributed by atoms with Crippen LogP contribution in [0, 0.1) is 0 Å². The van der Waals surface area contributed by atoms with Gasteiger partial charge in [-0.2, -0.15) is 0 Å². The lowest BCUT2D eigenvalue weighted by Crippen LogP contribution is -2.07. The van der Waals surface area contributed by atoms with Gasteiger partial charge in [0.15, 0.2) is 10.8 Å². The van der Waals surface area contributed by atoms with Gasteiger partial charge in [-0.25, -0.2) is 9.78 Å². The zero-order valence-corrected chi connectivity index (χ0v) is 10.1. The lowest BCUT2D eigenvalue weighted by Gasteiger charge is -2.10. The number of carbonyl (C=O) groups excluding carboxylic acids is 1. The second-order valence-electron chi connectivity index (χ2n) is 3.27. The number of rotatable bonds is 4. The van der Waals surface area contributed by atoms with Crippen molar-refractivity contribution in [3.63, 3.8) is 0 Å². The summed E-state index contributed by atoms with van der Waals surface area (Å²) in [6, 6.07) is 0. The molecule has 0 aliphatic heterocycles. The molecule has 0 aliphatic rings. The van der Waals surface area contributed by atoms with Crippen LogP contribution in [0.4, 0.5) is 5.13 Å². The lowest BCUT2D eigenvalue weighted by molar-refractivity contribution is 0.0593. The molecule has 1 aromatic rings. The molecule has 15 heavy (non-hydrogen) atoms. The van der Waals surface area contributed by atoms with Crippen molar-refractivity contribution in [2.24, 2.45) is 0 Å². The van der Waals surface area contributed by atoms with Gasteiger partial charge in [-0.15, -0.1) is 11.3 Å². The normalized spacial score (nSPS) is 10.7. The molecule has 0 aromatic carbocycles. The Morgan fingerprint density at radius 2 is 2.13 bits per heavy atom. The van der Waals surface area contributed by atoms with Crippen LogP contribution < -0.4 is 5.73 Å². The first-order valence-corrected chi connectivity index (χ1v) is 5.80. The fourth-order valence-corrected chi connectivity index (χ4v) is 2.62. The van der Waals surface area contributed by atoms with Crippen molar-refractivity contribution in [2.75, 3.05) is 12.8 Å². The maximum absolute atomic E-state index is 11.5. The average Bonchev–Trinajstić information content (AvgIpc) is 2.61. The minimum absolute atomic E-state index is 0.342. The number of nitrogens with zero attached hydrogens (tertiary/aromatic N) is 1. The Morgan fingerprint density at radius 1 is 1.53 bits per heavy atom. The van der Waals surface area contributed by atoms with Gasteiger partial charge in [-0.05, 0) is 18.8 Å². The summed E-state index contributed by atoms with van der Waals surface area (Å²) in [6.07, 6.45) is 1.95. The van der Waals surface area contributed by atoms with Crippen LogP contribution in [0.1, 0.15) is 48.0 Å². The van der Waals surface area contributed by atoms with Crippen LogP contribution in [-0.2, 0) is 4.74 Å². The first-order chi connectivity index (χ1) is 7.13. The molecule has 0 saturated carbocycles. The topological polar surface area (TPSA) is 65.2 Å². The van der Waals surface area contributed by atoms with E-state index in [1.54, 1.807) is 0 Å². The summed E-state index contributed by atoms with van der Waals surface area (Å²) in [7, 11) is 1.36. The Hall–Kier alpha value is -1.10. The maximum atomic E-state index is 11.5. The van der Waals surface area contributed by atoms with Gasteiger partial charge in [0.05, 0.1) is 7.11 Å². The third-order valence-corrected chi connectivity index (χ3v) is 3.45. The standard InChI is InChI=1S/C10H16N2O2S/c1-4-6(5-2)8-7(9(13)14-3)12-10(11)15-8/h6H,4-5H2,1-3H3,(H2,11,12). The molecule has 5 heteroatoms. The summed E-state index contributed by atoms with van der Waals surface area (Å²) in [5.74, 6) is -0.0567. The van der Waals surface area contributed by atoms with Gasteiger partial charge >= 0.3 is 5.97 Å². The van der Waals surface area contributed by atoms with Crippen LogP contribution in [0.2, 0.25) is 0 Å². The van der Waals surface area contributed by atoms with Crippen LogP contribution in [0.25, 0.3) is 0 Å². The quantitative estimate of drug-likeness (QED) is 0.804. The number of hydrogen-bond donors (Lipinski definition) is 1. The van der Waals surface area contributed by atoms with Gasteiger partial charge in [0.25, 0.3) is 0 Å². The van der Waals surface area contributed by atoms with Crippen molar-refractivity contribution in [3.8, 4) is 0 Å². The van der Waals surface area contributed by atoms with E-state index in [1.165, 1.54) is 18.4 Å². The molecule has 0 fully saturated rings. The highest BCUT2D eigenvalue weighted by Gasteiger charge is 2.22. The van der Waals surface area contributed by atoms with Crippen molar-refractivity contribution < 1.29 is 9.53 Å². The highest BCUT2D eigenvalue weighted by molar-refractivity contribution is 7.15. The van der Waals surface area contributed by atoms with Gasteiger partial charge in [0.1, 0.15) is 0 Å². The van der Waals surface area contributed by atoms with Crippen molar-refractivity contribution in [1.82, 2.24) is 4.98 Å². The molecule has 0 radical (unpaired) electrons. The van der Waals surface area contributed by atoms with E-state index in [1.807, 2.05) is 0 Å². The molecule has 0 unspecified atom stereocenters. The molecule has 0 atom stereocenters. The molecule has 1 aromatic heterocycles. The molecule has 0 spiro atoms. The predicted octanol–water partition coefficient (Wildman–Crippen LogP) is 2.42. The molecule has 0 amide bonds. The zero-order valence-electron chi connectivity index (χ0n) is 9.24. The fraction of sp³-hybridized carbons (Fsp3) is 0.600. The van der Waals surface area contributed by atoms with E-state index >= 15 is 0 Å². The summed E-state index contributed by atoms with van der Waals surface area (Å²) in [5, 5.41) is 0.428. The van der Waals surface area contributed by atoms with E-state index in [0.29, 0.717) is 16.7 Å². The van der Waals surface area contributed by atoms with Crippen LogP contribution in [0.5, 0.6) is 0 Å². The maximum Gasteiger partial charge on any atom is 0.357 e. The number of esters is 1. The third kappa shape index (κ3) is 2.47. The van der Waals surface area contributed by atoms with Crippen LogP contribution >= 0.6 is 11.3 Å². The van der Waals surface area contributed by atoms with E-state index in [4.69, 9.17) is 5.73 Å². The minimum atomic E-state index is -0.398. The van der Waals surface area contributed by atoms with Gasteiger partial charge in [-0.1, -0.05) is 13.8 Å². The Labute approximate surface area is 93.5 Å². The predicted molar refractivity (Wildman–Crippen MR) is 61.2 cm³/mol. The van der Waals surface area contributed by atoms with Crippen LogP contribution in [0.3, 0.4) is 0 Å². The number of anilines is 1. The van der Waals surface area contributed by atoms with E-state index in [2.05, 4.69) is 23.6 Å². The number of methoxy groups -OCH3 is 1. The second kappa shape index (κ2) is 5.11. The van der Waals surface area contributed by atoms with Gasteiger partial charge in [0.2, 0.25) is 0 Å². The highest BCUT2D eigenvalue weighted by atomic mass is 32.1. The van der Waals surface area contributed by atoms with Gasteiger partial charge in [-0.3, -0.25) is 0 Å². The van der Waals surface area contributed by atoms with Crippen molar-refractivity contribution >= 4 is 22.4 Å². The third-order valence-electron chi connectivity index (χ3n) is 2.41. The molecule has 2 N–H and O–H groups in total. The first kappa shape index (κ1) is 12.0. The summed E-state index contributed by atoms with van der Waals surface area (Å²) >= 11 is 1.38. The van der Waals surface area contributed by atoms with Crippen molar-refractivity contribution in [1.29, 1.82) is 0 Å². The lowest BCUT2D eigenvalue weighted by atomic mass is 10.0. The van der Waals surface area contributed by atoms with Gasteiger partial charge in [0, 0.05) is 4.88 Å². The van der Waals surface area contributed by atoms with Crippen LogP contribution in [-0.4, -0.2) is 18.1 Å². The summed E-state index contributed by atoms with van der Waals surface area (Å²) < 4.78 is 4.68. The Morgan fingerprint density at radius 3 is 2.60 bits per heavy atom. The number of hydrogen-bond acceptors (Lipinski definition) is 5. The summed E-state index contributed by atoms with van der Waals surface area (Å²) in [4.78, 5) is 16.4. The number of thiazole rings is 1. The summed E-state index contributed by atoms with van der Waals surface area (Å²) in [5.41, 5.74) is 6.00. The van der Waals surface area contributed by atoms with E-state index in [-0.39, 0.29) is 0 Å². The number of ether oxygens (including phenoxy) is 1. The van der Waals surface area contributed by atoms with E-state index < -0.39 is 5.97 Å². The zero-order chi connectivity index (χ0) is 11.4. The molecular weight excluding hydrogens is 212 g/mol. The number of carbonyl (C=O) groups is 1. The van der Waals surface area contributed by atoms with E-state index in [0.717, 1.165) is 17.7 Å². The SMILES string of the molecule is CCC(CC)c1sc(N)nc1C(=O)OC. The summed E-state index contributed by atoms with van der Waals surface area (Å²) in [6.45, 7) is 4.18. The largest absolute Gasteiger partial charge is 0.464 e. The average molecular weight is 228 g/mol.